The fourth-order valence-electron chi connectivity index (χ4n) is 2.73. The van der Waals surface area contributed by atoms with Crippen LogP contribution in [-0.2, 0) is 35.7 Å². The molecule has 0 unspecified atom stereocenters. The van der Waals surface area contributed by atoms with E-state index in [-0.39, 0.29) is 35.7 Å². The van der Waals surface area contributed by atoms with Crippen LogP contribution in [0.1, 0.15) is 99.7 Å². The molecule has 2 rings (SSSR count). The van der Waals surface area contributed by atoms with Crippen molar-refractivity contribution >= 4 is 11.9 Å². The van der Waals surface area contributed by atoms with E-state index in [1.807, 2.05) is 12.1 Å². The van der Waals surface area contributed by atoms with Crippen molar-refractivity contribution in [2.75, 3.05) is 0 Å². The molecule has 31 heavy (non-hydrogen) atoms. The van der Waals surface area contributed by atoms with Gasteiger partial charge in [0.05, 0.1) is 11.1 Å². The monoisotopic (exact) mass is 476 g/mol. The second-order valence-corrected chi connectivity index (χ2v) is 10.7. The molecule has 0 aliphatic rings. The summed E-state index contributed by atoms with van der Waals surface area (Å²) in [7, 11) is 0. The zero-order valence-corrected chi connectivity index (χ0v) is 23.4. The summed E-state index contributed by atoms with van der Waals surface area (Å²) < 4.78 is 0. The molecule has 166 valence electrons. The molecule has 2 aromatic carbocycles. The van der Waals surface area contributed by atoms with Gasteiger partial charge >= 0.3 is 11.9 Å². The second-order valence-electron chi connectivity index (χ2n) is 10.7. The van der Waals surface area contributed by atoms with Gasteiger partial charge < -0.3 is 10.2 Å². The number of aromatic carboxylic acids is 2. The smallest absolute Gasteiger partial charge is 0.335 e. The van der Waals surface area contributed by atoms with Crippen LogP contribution in [0.4, 0.5) is 0 Å². The molecule has 0 amide bonds. The van der Waals surface area contributed by atoms with E-state index in [1.54, 1.807) is 24.3 Å². The molecule has 0 heterocycles. The van der Waals surface area contributed by atoms with Gasteiger partial charge in [0.25, 0.3) is 0 Å². The van der Waals surface area contributed by atoms with E-state index in [0.29, 0.717) is 11.1 Å². The van der Waals surface area contributed by atoms with Crippen LogP contribution in [0.3, 0.4) is 0 Å². The molecule has 0 fully saturated rings. The number of carbonyl (C=O) groups is 2. The van der Waals surface area contributed by atoms with Gasteiger partial charge in [-0.2, -0.15) is 0 Å². The van der Waals surface area contributed by atoms with E-state index in [4.69, 9.17) is 10.2 Å². The van der Waals surface area contributed by atoms with Gasteiger partial charge in [0.2, 0.25) is 0 Å². The Morgan fingerprint density at radius 3 is 1.13 bits per heavy atom. The van der Waals surface area contributed by atoms with Crippen molar-refractivity contribution in [2.45, 2.75) is 78.6 Å². The predicted molar refractivity (Wildman–Crippen MR) is 123 cm³/mol. The zero-order valence-electron chi connectivity index (χ0n) is 20.5. The summed E-state index contributed by atoms with van der Waals surface area (Å²) in [6, 6.07) is 12.7. The van der Waals surface area contributed by atoms with Gasteiger partial charge in [-0.25, -0.2) is 9.59 Å². The van der Waals surface area contributed by atoms with Crippen LogP contribution in [0.2, 0.25) is 0 Å². The van der Waals surface area contributed by atoms with E-state index < -0.39 is 11.9 Å². The average Bonchev–Trinajstić information content (AvgIpc) is 2.59. The zero-order chi connectivity index (χ0) is 23.5. The fourth-order valence-corrected chi connectivity index (χ4v) is 2.73. The van der Waals surface area contributed by atoms with E-state index in [1.165, 1.54) is 0 Å². The van der Waals surface area contributed by atoms with Gasteiger partial charge in [-0.3, -0.25) is 0 Å². The third kappa shape index (κ3) is 8.95. The largest absolute Gasteiger partial charge is 0.478 e. The normalized spacial score (nSPS) is 11.6. The molecule has 5 heteroatoms. The van der Waals surface area contributed by atoms with Crippen molar-refractivity contribution in [1.29, 1.82) is 0 Å². The Hall–Kier alpha value is -2.00. The summed E-state index contributed by atoms with van der Waals surface area (Å²) in [5.41, 5.74) is 4.02. The van der Waals surface area contributed by atoms with Crippen LogP contribution in [0, 0.1) is 0 Å². The van der Waals surface area contributed by atoms with E-state index in [0.717, 1.165) is 16.7 Å². The Labute approximate surface area is 199 Å². The summed E-state index contributed by atoms with van der Waals surface area (Å²) in [6.07, 6.45) is 0. The Balaban J connectivity index is 0.000000581. The van der Waals surface area contributed by atoms with Crippen molar-refractivity contribution < 1.29 is 39.3 Å². The molecule has 0 atom stereocenters. The standard InChI is InChI=1S/C15H22O2.C11H14O2.Zn/c1-14(2,3)11-7-10(13(16)17)8-12(9-11)15(4,5)6;1-11(2,3)9-6-4-8(5-7-9)10(12)13;/h7-9H,1-6H3,(H,16,17);4-7H,1-3H3,(H,12,13);. The van der Waals surface area contributed by atoms with Gasteiger partial charge in [-0.05, 0) is 57.2 Å². The Bertz CT molecular complexity index is 861. The minimum absolute atomic E-state index is 0. The van der Waals surface area contributed by atoms with Crippen LogP contribution in [0.15, 0.2) is 42.5 Å². The molecule has 0 bridgehead atoms. The Kier molecular flexibility index (Phi) is 9.87. The van der Waals surface area contributed by atoms with Gasteiger partial charge in [-0.15, -0.1) is 0 Å². The maximum Gasteiger partial charge on any atom is 0.335 e. The minimum Gasteiger partial charge on any atom is -0.478 e. The van der Waals surface area contributed by atoms with E-state index in [2.05, 4.69) is 68.4 Å². The topological polar surface area (TPSA) is 74.6 Å². The predicted octanol–water partition coefficient (Wildman–Crippen LogP) is 6.66. The fraction of sp³-hybridized carbons (Fsp3) is 0.462. The molecule has 0 aliphatic carbocycles. The average molecular weight is 478 g/mol. The van der Waals surface area contributed by atoms with Crippen molar-refractivity contribution in [3.8, 4) is 0 Å². The van der Waals surface area contributed by atoms with E-state index in [9.17, 15) is 9.59 Å². The maximum atomic E-state index is 11.2. The molecule has 0 aromatic heterocycles. The van der Waals surface area contributed by atoms with Crippen LogP contribution in [0.25, 0.3) is 0 Å². The van der Waals surface area contributed by atoms with Crippen molar-refractivity contribution in [1.82, 2.24) is 0 Å². The van der Waals surface area contributed by atoms with Crippen molar-refractivity contribution in [2.24, 2.45) is 0 Å². The summed E-state index contributed by atoms with van der Waals surface area (Å²) in [6.45, 7) is 18.9. The van der Waals surface area contributed by atoms with Crippen molar-refractivity contribution in [3.05, 3.63) is 70.3 Å². The number of carboxylic acids is 2. The first-order valence-electron chi connectivity index (χ1n) is 10.2. The molecule has 0 spiro atoms. The molecule has 0 saturated heterocycles. The van der Waals surface area contributed by atoms with Crippen molar-refractivity contribution in [3.63, 3.8) is 0 Å². The summed E-state index contributed by atoms with van der Waals surface area (Å²) in [5, 5.41) is 17.8. The number of hydrogen-bond acceptors (Lipinski definition) is 2. The summed E-state index contributed by atoms with van der Waals surface area (Å²) >= 11 is 0. The van der Waals surface area contributed by atoms with Gasteiger partial charge in [0.15, 0.2) is 0 Å². The van der Waals surface area contributed by atoms with E-state index >= 15 is 0 Å². The van der Waals surface area contributed by atoms with Crippen LogP contribution >= 0.6 is 0 Å². The van der Waals surface area contributed by atoms with Gasteiger partial charge in [-0.1, -0.05) is 80.5 Å². The Morgan fingerprint density at radius 1 is 0.548 bits per heavy atom. The molecule has 2 aromatic rings. The Morgan fingerprint density at radius 2 is 0.871 bits per heavy atom. The first-order valence-corrected chi connectivity index (χ1v) is 10.2. The molecular formula is C26H36O4Zn. The number of hydrogen-bond donors (Lipinski definition) is 2. The summed E-state index contributed by atoms with van der Waals surface area (Å²) in [4.78, 5) is 21.7. The summed E-state index contributed by atoms with van der Waals surface area (Å²) in [5.74, 6) is -1.73. The first kappa shape index (κ1) is 29.0. The molecule has 0 saturated carbocycles. The maximum absolute atomic E-state index is 11.2. The first-order chi connectivity index (χ1) is 13.4. The molecule has 2 N–H and O–H groups in total. The van der Waals surface area contributed by atoms with Gasteiger partial charge in [0.1, 0.15) is 0 Å². The molecular weight excluding hydrogens is 442 g/mol. The second kappa shape index (κ2) is 10.5. The molecule has 4 nitrogen and oxygen atoms in total. The molecule has 0 radical (unpaired) electrons. The number of carboxylic acid groups (broad SMARTS) is 2. The van der Waals surface area contributed by atoms with Gasteiger partial charge in [0, 0.05) is 19.5 Å². The van der Waals surface area contributed by atoms with Crippen LogP contribution < -0.4 is 0 Å². The SMILES string of the molecule is CC(C)(C)c1cc(C(=O)O)cc(C(C)(C)C)c1.CC(C)(C)c1ccc(C(=O)O)cc1.[Zn]. The number of rotatable bonds is 2. The van der Waals surface area contributed by atoms with Crippen LogP contribution in [0.5, 0.6) is 0 Å². The quantitative estimate of drug-likeness (QED) is 0.474. The third-order valence-corrected chi connectivity index (χ3v) is 4.91. The minimum atomic E-state index is -0.875. The number of benzene rings is 2. The van der Waals surface area contributed by atoms with Crippen LogP contribution in [-0.4, -0.2) is 22.2 Å². The third-order valence-electron chi connectivity index (χ3n) is 4.91. The molecule has 0 aliphatic heterocycles.